The molecule has 0 aliphatic heterocycles. The summed E-state index contributed by atoms with van der Waals surface area (Å²) in [6.07, 6.45) is 0. The Morgan fingerprint density at radius 1 is 1.20 bits per heavy atom. The largest absolute Gasteiger partial charge is 0.504 e. The smallest absolute Gasteiger partial charge is 0.160 e. The molecule has 0 aliphatic carbocycles. The van der Waals surface area contributed by atoms with Crippen LogP contribution in [-0.4, -0.2) is 12.2 Å². The van der Waals surface area contributed by atoms with Crippen LogP contribution in [0.1, 0.15) is 24.1 Å². The molecule has 2 aromatic carbocycles. The van der Waals surface area contributed by atoms with Crippen molar-refractivity contribution in [3.8, 4) is 11.5 Å². The van der Waals surface area contributed by atoms with Gasteiger partial charge in [-0.3, -0.25) is 0 Å². The lowest BCUT2D eigenvalue weighted by Crippen LogP contribution is -2.06. The van der Waals surface area contributed by atoms with Crippen LogP contribution in [0.5, 0.6) is 11.5 Å². The van der Waals surface area contributed by atoms with E-state index in [1.54, 1.807) is 13.2 Å². The van der Waals surface area contributed by atoms with Crippen LogP contribution in [0.15, 0.2) is 40.9 Å². The van der Waals surface area contributed by atoms with Crippen molar-refractivity contribution in [3.05, 3.63) is 52.0 Å². The Hall–Kier alpha value is -1.68. The summed E-state index contributed by atoms with van der Waals surface area (Å²) in [5.41, 5.74) is 3.30. The van der Waals surface area contributed by atoms with E-state index in [-0.39, 0.29) is 11.8 Å². The summed E-state index contributed by atoms with van der Waals surface area (Å²) in [6, 6.07) is 11.7. The summed E-state index contributed by atoms with van der Waals surface area (Å²) < 4.78 is 6.22. The maximum atomic E-state index is 9.62. The Morgan fingerprint density at radius 2 is 1.95 bits per heavy atom. The van der Waals surface area contributed by atoms with Gasteiger partial charge in [0.1, 0.15) is 0 Å². The number of benzene rings is 2. The van der Waals surface area contributed by atoms with Crippen molar-refractivity contribution in [2.75, 3.05) is 12.4 Å². The molecule has 0 fully saturated rings. The standard InChI is InChI=1S/C16H18BrNO2/c1-10-4-6-13(9-14(10)17)18-11(2)12-5-7-15(19)16(8-12)20-3/h4-9,11,18-19H,1-3H3. The van der Waals surface area contributed by atoms with Gasteiger partial charge in [-0.15, -0.1) is 0 Å². The maximum absolute atomic E-state index is 9.62. The van der Waals surface area contributed by atoms with E-state index < -0.39 is 0 Å². The molecule has 3 nitrogen and oxygen atoms in total. The number of halogens is 1. The van der Waals surface area contributed by atoms with E-state index in [1.807, 2.05) is 18.2 Å². The molecule has 4 heteroatoms. The molecule has 0 radical (unpaired) electrons. The zero-order valence-electron chi connectivity index (χ0n) is 11.8. The summed E-state index contributed by atoms with van der Waals surface area (Å²) in [5.74, 6) is 0.641. The highest BCUT2D eigenvalue weighted by molar-refractivity contribution is 9.10. The summed E-state index contributed by atoms with van der Waals surface area (Å²) >= 11 is 3.53. The van der Waals surface area contributed by atoms with Crippen molar-refractivity contribution >= 4 is 21.6 Å². The van der Waals surface area contributed by atoms with Crippen LogP contribution in [-0.2, 0) is 0 Å². The first-order chi connectivity index (χ1) is 9.51. The van der Waals surface area contributed by atoms with Crippen LogP contribution < -0.4 is 10.1 Å². The maximum Gasteiger partial charge on any atom is 0.160 e. The minimum atomic E-state index is 0.110. The van der Waals surface area contributed by atoms with Crippen molar-refractivity contribution in [1.82, 2.24) is 0 Å². The van der Waals surface area contributed by atoms with Crippen LogP contribution in [0.3, 0.4) is 0 Å². The minimum Gasteiger partial charge on any atom is -0.504 e. The van der Waals surface area contributed by atoms with E-state index in [0.717, 1.165) is 15.7 Å². The molecule has 0 heterocycles. The third kappa shape index (κ3) is 3.25. The van der Waals surface area contributed by atoms with E-state index in [1.165, 1.54) is 5.56 Å². The first-order valence-electron chi connectivity index (χ1n) is 6.41. The molecule has 1 unspecified atom stereocenters. The van der Waals surface area contributed by atoms with Gasteiger partial charge in [-0.05, 0) is 49.2 Å². The Morgan fingerprint density at radius 3 is 2.60 bits per heavy atom. The van der Waals surface area contributed by atoms with Crippen LogP contribution in [0.25, 0.3) is 0 Å². The number of hydrogen-bond donors (Lipinski definition) is 2. The molecule has 2 aromatic rings. The van der Waals surface area contributed by atoms with Gasteiger partial charge in [0.25, 0.3) is 0 Å². The monoisotopic (exact) mass is 335 g/mol. The fraction of sp³-hybridized carbons (Fsp3) is 0.250. The second-order valence-corrected chi connectivity index (χ2v) is 5.62. The summed E-state index contributed by atoms with van der Waals surface area (Å²) in [5, 5.41) is 13.1. The number of phenolic OH excluding ortho intramolecular Hbond substituents is 1. The third-order valence-corrected chi connectivity index (χ3v) is 4.11. The molecule has 20 heavy (non-hydrogen) atoms. The predicted octanol–water partition coefficient (Wildman–Crippen LogP) is 4.64. The Bertz CT molecular complexity index is 613. The zero-order valence-corrected chi connectivity index (χ0v) is 13.4. The molecule has 0 bridgehead atoms. The summed E-state index contributed by atoms with van der Waals surface area (Å²) in [7, 11) is 1.55. The number of ether oxygens (including phenoxy) is 1. The Balaban J connectivity index is 2.19. The molecule has 2 rings (SSSR count). The molecule has 1 atom stereocenters. The van der Waals surface area contributed by atoms with E-state index in [0.29, 0.717) is 5.75 Å². The van der Waals surface area contributed by atoms with Gasteiger partial charge in [-0.2, -0.15) is 0 Å². The van der Waals surface area contributed by atoms with Gasteiger partial charge in [-0.25, -0.2) is 0 Å². The fourth-order valence-corrected chi connectivity index (χ4v) is 2.36. The first kappa shape index (κ1) is 14.7. The molecule has 106 valence electrons. The van der Waals surface area contributed by atoms with Gasteiger partial charge in [0, 0.05) is 16.2 Å². The van der Waals surface area contributed by atoms with Gasteiger partial charge < -0.3 is 15.2 Å². The number of hydrogen-bond acceptors (Lipinski definition) is 3. The number of nitrogens with one attached hydrogen (secondary N) is 1. The molecule has 0 saturated heterocycles. The van der Waals surface area contributed by atoms with Crippen LogP contribution in [0, 0.1) is 6.92 Å². The number of rotatable bonds is 4. The molecule has 0 aliphatic rings. The van der Waals surface area contributed by atoms with Gasteiger partial charge >= 0.3 is 0 Å². The highest BCUT2D eigenvalue weighted by Crippen LogP contribution is 2.30. The number of aryl methyl sites for hydroxylation is 1. The second-order valence-electron chi connectivity index (χ2n) is 4.76. The zero-order chi connectivity index (χ0) is 14.7. The summed E-state index contributed by atoms with van der Waals surface area (Å²) in [4.78, 5) is 0. The Kier molecular flexibility index (Phi) is 4.55. The van der Waals surface area contributed by atoms with Crippen molar-refractivity contribution in [2.24, 2.45) is 0 Å². The molecular formula is C16H18BrNO2. The van der Waals surface area contributed by atoms with Gasteiger partial charge in [0.15, 0.2) is 11.5 Å². The second kappa shape index (κ2) is 6.18. The van der Waals surface area contributed by atoms with Crippen LogP contribution in [0.2, 0.25) is 0 Å². The van der Waals surface area contributed by atoms with Crippen molar-refractivity contribution in [3.63, 3.8) is 0 Å². The molecule has 2 N–H and O–H groups in total. The lowest BCUT2D eigenvalue weighted by Gasteiger charge is -2.17. The number of aromatic hydroxyl groups is 1. The van der Waals surface area contributed by atoms with Crippen molar-refractivity contribution < 1.29 is 9.84 Å². The fourth-order valence-electron chi connectivity index (χ4n) is 1.98. The van der Waals surface area contributed by atoms with E-state index in [4.69, 9.17) is 4.74 Å². The lowest BCUT2D eigenvalue weighted by molar-refractivity contribution is 0.373. The quantitative estimate of drug-likeness (QED) is 0.854. The number of phenols is 1. The average Bonchev–Trinajstić information content (AvgIpc) is 2.43. The highest BCUT2D eigenvalue weighted by Gasteiger charge is 2.09. The van der Waals surface area contributed by atoms with Gasteiger partial charge in [-0.1, -0.05) is 28.1 Å². The third-order valence-electron chi connectivity index (χ3n) is 3.26. The lowest BCUT2D eigenvalue weighted by atomic mass is 10.1. The van der Waals surface area contributed by atoms with Gasteiger partial charge in [0.2, 0.25) is 0 Å². The van der Waals surface area contributed by atoms with Crippen LogP contribution >= 0.6 is 15.9 Å². The molecule has 0 aromatic heterocycles. The van der Waals surface area contributed by atoms with Crippen LogP contribution in [0.4, 0.5) is 5.69 Å². The van der Waals surface area contributed by atoms with Crippen molar-refractivity contribution in [1.29, 1.82) is 0 Å². The predicted molar refractivity (Wildman–Crippen MR) is 85.6 cm³/mol. The Labute approximate surface area is 127 Å². The van der Waals surface area contributed by atoms with Crippen molar-refractivity contribution in [2.45, 2.75) is 19.9 Å². The molecule has 0 saturated carbocycles. The van der Waals surface area contributed by atoms with E-state index in [9.17, 15) is 5.11 Å². The summed E-state index contributed by atoms with van der Waals surface area (Å²) in [6.45, 7) is 4.13. The van der Waals surface area contributed by atoms with E-state index >= 15 is 0 Å². The minimum absolute atomic E-state index is 0.110. The topological polar surface area (TPSA) is 41.5 Å². The number of anilines is 1. The SMILES string of the molecule is COc1cc(C(C)Nc2ccc(C)c(Br)c2)ccc1O. The average molecular weight is 336 g/mol. The molecule has 0 spiro atoms. The molecule has 0 amide bonds. The van der Waals surface area contributed by atoms with Gasteiger partial charge in [0.05, 0.1) is 7.11 Å². The van der Waals surface area contributed by atoms with E-state index in [2.05, 4.69) is 47.2 Å². The molecular weight excluding hydrogens is 318 g/mol. The highest BCUT2D eigenvalue weighted by atomic mass is 79.9. The number of methoxy groups -OCH3 is 1. The first-order valence-corrected chi connectivity index (χ1v) is 7.20. The normalized spacial score (nSPS) is 12.0.